The molecular weight excluding hydrogens is 288 g/mol. The third-order valence-electron chi connectivity index (χ3n) is 2.99. The van der Waals surface area contributed by atoms with E-state index in [2.05, 4.69) is 17.2 Å². The van der Waals surface area contributed by atoms with Crippen LogP contribution in [-0.2, 0) is 0 Å². The highest BCUT2D eigenvalue weighted by Gasteiger charge is 2.14. The van der Waals surface area contributed by atoms with E-state index in [1.807, 2.05) is 31.2 Å². The van der Waals surface area contributed by atoms with E-state index in [-0.39, 0.29) is 11.0 Å². The van der Waals surface area contributed by atoms with Gasteiger partial charge >= 0.3 is 5.97 Å². The molecule has 0 radical (unpaired) electrons. The minimum atomic E-state index is -0.952. The molecule has 1 heterocycles. The molecule has 0 aliphatic rings. The van der Waals surface area contributed by atoms with E-state index in [0.29, 0.717) is 10.8 Å². The number of benzene rings is 1. The molecule has 0 fully saturated rings. The summed E-state index contributed by atoms with van der Waals surface area (Å²) in [7, 11) is 0. The molecule has 0 aliphatic heterocycles. The number of carbonyl (C=O) groups is 1. The van der Waals surface area contributed by atoms with Crippen LogP contribution in [0, 0.1) is 6.92 Å². The molecule has 0 saturated heterocycles. The third-order valence-corrected chi connectivity index (χ3v) is 4.05. The Kier molecular flexibility index (Phi) is 4.80. The fourth-order valence-electron chi connectivity index (χ4n) is 1.73. The van der Waals surface area contributed by atoms with Crippen LogP contribution in [0.25, 0.3) is 0 Å². The molecule has 0 spiro atoms. The Balaban J connectivity index is 2.14. The highest BCUT2D eigenvalue weighted by Crippen LogP contribution is 2.27. The molecule has 5 nitrogen and oxygen atoms in total. The van der Waals surface area contributed by atoms with E-state index in [1.165, 1.54) is 0 Å². The highest BCUT2D eigenvalue weighted by atomic mass is 32.1. The summed E-state index contributed by atoms with van der Waals surface area (Å²) in [6.07, 6.45) is 1.09. The van der Waals surface area contributed by atoms with Gasteiger partial charge in [0.25, 0.3) is 0 Å². The van der Waals surface area contributed by atoms with Gasteiger partial charge in [-0.25, -0.2) is 9.78 Å². The molecule has 2 aromatic rings. The first kappa shape index (κ1) is 15.3. The van der Waals surface area contributed by atoms with Gasteiger partial charge in [0, 0.05) is 11.8 Å². The summed E-state index contributed by atoms with van der Waals surface area (Å²) in [5.41, 5.74) is 1.34. The van der Waals surface area contributed by atoms with Gasteiger partial charge in [0.15, 0.2) is 5.13 Å². The molecule has 0 amide bonds. The number of nitrogens with zero attached hydrogens (tertiary/aromatic N) is 1. The van der Waals surface area contributed by atoms with E-state index in [9.17, 15) is 4.79 Å². The summed E-state index contributed by atoms with van der Waals surface area (Å²) in [6.45, 7) is 5.77. The molecule has 0 bridgehead atoms. The van der Waals surface area contributed by atoms with Crippen molar-refractivity contribution < 1.29 is 14.6 Å². The number of aromatic nitrogens is 1. The average molecular weight is 306 g/mol. The summed E-state index contributed by atoms with van der Waals surface area (Å²) < 4.78 is 5.76. The molecule has 1 atom stereocenters. The number of ether oxygens (including phenoxy) is 1. The maximum Gasteiger partial charge on any atom is 0.347 e. The van der Waals surface area contributed by atoms with Gasteiger partial charge in [-0.05, 0) is 32.4 Å². The Hall–Kier alpha value is -2.08. The van der Waals surface area contributed by atoms with Crippen LogP contribution < -0.4 is 10.1 Å². The lowest BCUT2D eigenvalue weighted by Gasteiger charge is -2.13. The van der Waals surface area contributed by atoms with Gasteiger partial charge in [-0.1, -0.05) is 24.3 Å². The van der Waals surface area contributed by atoms with Crippen molar-refractivity contribution >= 4 is 28.1 Å². The number of carboxylic acid groups (broad SMARTS) is 1. The van der Waals surface area contributed by atoms with E-state index in [4.69, 9.17) is 9.84 Å². The standard InChI is InChI=1S/C15H18N2O3S/c1-4-9(2)20-12-7-5-6-11(8-12)17-15-16-10(3)13(21-15)14(18)19/h5-9H,4H2,1-3H3,(H,16,17)(H,18,19). The van der Waals surface area contributed by atoms with Crippen LogP contribution >= 0.6 is 11.3 Å². The van der Waals surface area contributed by atoms with Crippen molar-refractivity contribution in [3.8, 4) is 5.75 Å². The molecule has 21 heavy (non-hydrogen) atoms. The lowest BCUT2D eigenvalue weighted by molar-refractivity contribution is 0.0701. The molecule has 2 rings (SSSR count). The number of hydrogen-bond donors (Lipinski definition) is 2. The van der Waals surface area contributed by atoms with Gasteiger partial charge in [0.1, 0.15) is 10.6 Å². The minimum Gasteiger partial charge on any atom is -0.491 e. The fourth-order valence-corrected chi connectivity index (χ4v) is 2.56. The van der Waals surface area contributed by atoms with Crippen molar-refractivity contribution in [2.45, 2.75) is 33.3 Å². The van der Waals surface area contributed by atoms with Gasteiger partial charge < -0.3 is 15.2 Å². The summed E-state index contributed by atoms with van der Waals surface area (Å²) in [4.78, 5) is 15.5. The largest absolute Gasteiger partial charge is 0.491 e. The van der Waals surface area contributed by atoms with Crippen LogP contribution in [0.3, 0.4) is 0 Å². The van der Waals surface area contributed by atoms with Crippen LogP contribution in [0.4, 0.5) is 10.8 Å². The van der Waals surface area contributed by atoms with Crippen LogP contribution in [0.2, 0.25) is 0 Å². The van der Waals surface area contributed by atoms with Crippen molar-refractivity contribution in [2.75, 3.05) is 5.32 Å². The summed E-state index contributed by atoms with van der Waals surface area (Å²) in [5.74, 6) is -0.173. The van der Waals surface area contributed by atoms with Gasteiger partial charge in [0.05, 0.1) is 11.8 Å². The lowest BCUT2D eigenvalue weighted by Crippen LogP contribution is -2.09. The van der Waals surface area contributed by atoms with Crippen LogP contribution in [0.15, 0.2) is 24.3 Å². The zero-order chi connectivity index (χ0) is 15.4. The first-order valence-electron chi connectivity index (χ1n) is 6.74. The second kappa shape index (κ2) is 6.58. The Morgan fingerprint density at radius 2 is 2.29 bits per heavy atom. The molecular formula is C15H18N2O3S. The molecule has 1 aromatic heterocycles. The molecule has 1 aromatic carbocycles. The van der Waals surface area contributed by atoms with Gasteiger partial charge in [0.2, 0.25) is 0 Å². The van der Waals surface area contributed by atoms with Crippen molar-refractivity contribution in [3.63, 3.8) is 0 Å². The number of rotatable bonds is 6. The predicted octanol–water partition coefficient (Wildman–Crippen LogP) is 4.07. The van der Waals surface area contributed by atoms with E-state index >= 15 is 0 Å². The van der Waals surface area contributed by atoms with Crippen molar-refractivity contribution in [1.29, 1.82) is 0 Å². The van der Waals surface area contributed by atoms with Gasteiger partial charge in [-0.3, -0.25) is 0 Å². The topological polar surface area (TPSA) is 71.5 Å². The first-order chi connectivity index (χ1) is 9.99. The van der Waals surface area contributed by atoms with E-state index in [0.717, 1.165) is 29.2 Å². The molecule has 0 aliphatic carbocycles. The SMILES string of the molecule is CCC(C)Oc1cccc(Nc2nc(C)c(C(=O)O)s2)c1. The molecule has 0 saturated carbocycles. The highest BCUT2D eigenvalue weighted by molar-refractivity contribution is 7.17. The maximum absolute atomic E-state index is 11.0. The van der Waals surface area contributed by atoms with Gasteiger partial charge in [-0.2, -0.15) is 0 Å². The number of nitrogens with one attached hydrogen (secondary N) is 1. The molecule has 2 N–H and O–H groups in total. The molecule has 112 valence electrons. The summed E-state index contributed by atoms with van der Waals surface area (Å²) in [6, 6.07) is 7.55. The van der Waals surface area contributed by atoms with Crippen molar-refractivity contribution in [1.82, 2.24) is 4.98 Å². The fraction of sp³-hybridized carbons (Fsp3) is 0.333. The third kappa shape index (κ3) is 3.95. The Morgan fingerprint density at radius 1 is 1.52 bits per heavy atom. The normalized spacial score (nSPS) is 12.0. The number of aryl methyl sites for hydroxylation is 1. The number of aromatic carboxylic acids is 1. The van der Waals surface area contributed by atoms with E-state index in [1.54, 1.807) is 6.92 Å². The van der Waals surface area contributed by atoms with Crippen molar-refractivity contribution in [2.24, 2.45) is 0 Å². The zero-order valence-corrected chi connectivity index (χ0v) is 13.0. The van der Waals surface area contributed by atoms with Crippen LogP contribution in [0.5, 0.6) is 5.75 Å². The maximum atomic E-state index is 11.0. The van der Waals surface area contributed by atoms with Crippen LogP contribution in [-0.4, -0.2) is 22.2 Å². The first-order valence-corrected chi connectivity index (χ1v) is 7.55. The monoisotopic (exact) mass is 306 g/mol. The number of hydrogen-bond acceptors (Lipinski definition) is 5. The van der Waals surface area contributed by atoms with Gasteiger partial charge in [-0.15, -0.1) is 0 Å². The summed E-state index contributed by atoms with van der Waals surface area (Å²) in [5, 5.41) is 12.7. The lowest BCUT2D eigenvalue weighted by atomic mass is 10.3. The van der Waals surface area contributed by atoms with Crippen molar-refractivity contribution in [3.05, 3.63) is 34.8 Å². The Bertz CT molecular complexity index is 640. The Labute approximate surface area is 127 Å². The predicted molar refractivity (Wildman–Crippen MR) is 83.9 cm³/mol. The van der Waals surface area contributed by atoms with Crippen LogP contribution in [0.1, 0.15) is 35.6 Å². The average Bonchev–Trinajstić information content (AvgIpc) is 2.80. The smallest absolute Gasteiger partial charge is 0.347 e. The minimum absolute atomic E-state index is 0.154. The molecule has 6 heteroatoms. The summed E-state index contributed by atoms with van der Waals surface area (Å²) >= 11 is 1.12. The quantitative estimate of drug-likeness (QED) is 0.841. The number of anilines is 2. The number of carboxylic acids is 1. The zero-order valence-electron chi connectivity index (χ0n) is 12.2. The van der Waals surface area contributed by atoms with E-state index < -0.39 is 5.97 Å². The second-order valence-corrected chi connectivity index (χ2v) is 5.73. The number of thiazole rings is 1. The second-order valence-electron chi connectivity index (χ2n) is 4.73. The Morgan fingerprint density at radius 3 is 2.90 bits per heavy atom. The molecule has 1 unspecified atom stereocenters.